The van der Waals surface area contributed by atoms with Crippen molar-refractivity contribution in [1.82, 2.24) is 0 Å². The van der Waals surface area contributed by atoms with Crippen molar-refractivity contribution in [2.24, 2.45) is 0 Å². The maximum atomic E-state index is 8.65. The van der Waals surface area contributed by atoms with Crippen LogP contribution >= 0.6 is 0 Å². The molecule has 0 aliphatic carbocycles. The molecule has 0 saturated carbocycles. The first-order chi connectivity index (χ1) is 5.81. The van der Waals surface area contributed by atoms with Crippen LogP contribution in [-0.4, -0.2) is 7.05 Å². The average Bonchev–Trinajstić information content (AvgIpc) is 2.16. The predicted molar refractivity (Wildman–Crippen MR) is 50.1 cm³/mol. The van der Waals surface area contributed by atoms with E-state index in [1.807, 2.05) is 25.2 Å². The molecule has 2 heteroatoms. The molecule has 0 aliphatic heterocycles. The largest absolute Gasteiger partial charge is 0.388 e. The summed E-state index contributed by atoms with van der Waals surface area (Å²) in [6.45, 7) is 2.08. The van der Waals surface area contributed by atoms with E-state index >= 15 is 0 Å². The van der Waals surface area contributed by atoms with Gasteiger partial charge in [-0.25, -0.2) is 0 Å². The topological polar surface area (TPSA) is 35.8 Å². The summed E-state index contributed by atoms with van der Waals surface area (Å²) in [7, 11) is 1.89. The molecule has 0 heterocycles. The van der Waals surface area contributed by atoms with Gasteiger partial charge >= 0.3 is 0 Å². The molecule has 0 amide bonds. The number of hydrogen-bond acceptors (Lipinski definition) is 2. The number of aryl methyl sites for hydroxylation is 1. The Morgan fingerprint density at radius 1 is 1.50 bits per heavy atom. The van der Waals surface area contributed by atoms with Crippen molar-refractivity contribution >= 4 is 5.69 Å². The Hall–Kier alpha value is -1.49. The van der Waals surface area contributed by atoms with Crippen LogP contribution in [0.5, 0.6) is 0 Å². The zero-order valence-corrected chi connectivity index (χ0v) is 7.39. The number of nitrogens with zero attached hydrogens (tertiary/aromatic N) is 1. The number of anilines is 1. The van der Waals surface area contributed by atoms with E-state index in [4.69, 9.17) is 5.26 Å². The zero-order valence-electron chi connectivity index (χ0n) is 7.39. The van der Waals surface area contributed by atoms with Crippen molar-refractivity contribution in [3.63, 3.8) is 0 Å². The second-order valence-electron chi connectivity index (χ2n) is 2.59. The SMILES string of the molecule is CCc1cc(C#N)ccc1NC. The van der Waals surface area contributed by atoms with E-state index in [0.717, 1.165) is 17.7 Å². The maximum Gasteiger partial charge on any atom is 0.0991 e. The molecule has 0 unspecified atom stereocenters. The van der Waals surface area contributed by atoms with Crippen LogP contribution < -0.4 is 5.32 Å². The zero-order chi connectivity index (χ0) is 8.97. The van der Waals surface area contributed by atoms with Crippen LogP contribution in [-0.2, 0) is 6.42 Å². The van der Waals surface area contributed by atoms with Gasteiger partial charge in [-0.3, -0.25) is 0 Å². The van der Waals surface area contributed by atoms with Gasteiger partial charge in [0.2, 0.25) is 0 Å². The smallest absolute Gasteiger partial charge is 0.0991 e. The fraction of sp³-hybridized carbons (Fsp3) is 0.300. The lowest BCUT2D eigenvalue weighted by atomic mass is 10.1. The van der Waals surface area contributed by atoms with Crippen molar-refractivity contribution in [2.75, 3.05) is 12.4 Å². The molecule has 0 spiro atoms. The molecule has 1 aromatic carbocycles. The number of benzene rings is 1. The van der Waals surface area contributed by atoms with E-state index in [0.29, 0.717) is 0 Å². The molecule has 2 nitrogen and oxygen atoms in total. The Morgan fingerprint density at radius 2 is 2.25 bits per heavy atom. The third-order valence-corrected chi connectivity index (χ3v) is 1.88. The third kappa shape index (κ3) is 1.57. The number of nitrogens with one attached hydrogen (secondary N) is 1. The minimum atomic E-state index is 0.728. The predicted octanol–water partition coefficient (Wildman–Crippen LogP) is 2.16. The van der Waals surface area contributed by atoms with E-state index < -0.39 is 0 Å². The van der Waals surface area contributed by atoms with Gasteiger partial charge in [-0.15, -0.1) is 0 Å². The summed E-state index contributed by atoms with van der Waals surface area (Å²) in [5.74, 6) is 0. The molecule has 1 N–H and O–H groups in total. The minimum Gasteiger partial charge on any atom is -0.388 e. The fourth-order valence-corrected chi connectivity index (χ4v) is 1.20. The molecule has 0 radical (unpaired) electrons. The molecule has 62 valence electrons. The molecule has 0 atom stereocenters. The molecule has 0 bridgehead atoms. The molecule has 0 aromatic heterocycles. The van der Waals surface area contributed by atoms with E-state index in [1.165, 1.54) is 5.56 Å². The molecule has 0 saturated heterocycles. The monoisotopic (exact) mass is 160 g/mol. The third-order valence-electron chi connectivity index (χ3n) is 1.88. The minimum absolute atomic E-state index is 0.728. The summed E-state index contributed by atoms with van der Waals surface area (Å²) in [5, 5.41) is 11.7. The first-order valence-corrected chi connectivity index (χ1v) is 4.02. The van der Waals surface area contributed by atoms with Crippen molar-refractivity contribution < 1.29 is 0 Å². The summed E-state index contributed by atoms with van der Waals surface area (Å²) in [4.78, 5) is 0. The quantitative estimate of drug-likeness (QED) is 0.719. The van der Waals surface area contributed by atoms with Gasteiger partial charge in [0, 0.05) is 12.7 Å². The highest BCUT2D eigenvalue weighted by Gasteiger charge is 1.99. The Kier molecular flexibility index (Phi) is 2.71. The molecule has 0 fully saturated rings. The van der Waals surface area contributed by atoms with Gasteiger partial charge in [-0.05, 0) is 30.2 Å². The summed E-state index contributed by atoms with van der Waals surface area (Å²) < 4.78 is 0. The van der Waals surface area contributed by atoms with Crippen LogP contribution in [0.4, 0.5) is 5.69 Å². The Balaban J connectivity index is 3.13. The van der Waals surface area contributed by atoms with Gasteiger partial charge in [-0.1, -0.05) is 6.92 Å². The molecular formula is C10H12N2. The number of rotatable bonds is 2. The maximum absolute atomic E-state index is 8.65. The molecule has 12 heavy (non-hydrogen) atoms. The van der Waals surface area contributed by atoms with Crippen molar-refractivity contribution in [3.05, 3.63) is 29.3 Å². The van der Waals surface area contributed by atoms with Gasteiger partial charge in [0.05, 0.1) is 11.6 Å². The lowest BCUT2D eigenvalue weighted by Gasteiger charge is -2.06. The number of hydrogen-bond donors (Lipinski definition) is 1. The first-order valence-electron chi connectivity index (χ1n) is 4.02. The highest BCUT2D eigenvalue weighted by Crippen LogP contribution is 2.16. The van der Waals surface area contributed by atoms with Gasteiger partial charge in [0.15, 0.2) is 0 Å². The van der Waals surface area contributed by atoms with Crippen LogP contribution in [0.1, 0.15) is 18.1 Å². The number of nitriles is 1. The van der Waals surface area contributed by atoms with Crippen LogP contribution in [0.2, 0.25) is 0 Å². The van der Waals surface area contributed by atoms with Crippen molar-refractivity contribution in [2.45, 2.75) is 13.3 Å². The van der Waals surface area contributed by atoms with Crippen molar-refractivity contribution in [1.29, 1.82) is 5.26 Å². The lowest BCUT2D eigenvalue weighted by Crippen LogP contribution is -1.94. The summed E-state index contributed by atoms with van der Waals surface area (Å²) in [6.07, 6.45) is 0.950. The first kappa shape index (κ1) is 8.61. The van der Waals surface area contributed by atoms with Gasteiger partial charge in [0.1, 0.15) is 0 Å². The highest BCUT2D eigenvalue weighted by atomic mass is 14.8. The van der Waals surface area contributed by atoms with Gasteiger partial charge in [-0.2, -0.15) is 5.26 Å². The Morgan fingerprint density at radius 3 is 2.75 bits per heavy atom. The van der Waals surface area contributed by atoms with Crippen LogP contribution in [0.3, 0.4) is 0 Å². The van der Waals surface area contributed by atoms with Crippen molar-refractivity contribution in [3.8, 4) is 6.07 Å². The summed E-state index contributed by atoms with van der Waals surface area (Å²) >= 11 is 0. The second-order valence-corrected chi connectivity index (χ2v) is 2.59. The average molecular weight is 160 g/mol. The normalized spacial score (nSPS) is 9.08. The summed E-state index contributed by atoms with van der Waals surface area (Å²) in [6, 6.07) is 7.81. The summed E-state index contributed by atoms with van der Waals surface area (Å²) in [5.41, 5.74) is 3.03. The Bertz CT molecular complexity index is 310. The van der Waals surface area contributed by atoms with Crippen LogP contribution in [0.15, 0.2) is 18.2 Å². The molecule has 1 rings (SSSR count). The molecule has 0 aliphatic rings. The van der Waals surface area contributed by atoms with Crippen LogP contribution in [0, 0.1) is 11.3 Å². The van der Waals surface area contributed by atoms with E-state index in [2.05, 4.69) is 18.3 Å². The van der Waals surface area contributed by atoms with E-state index in [-0.39, 0.29) is 0 Å². The lowest BCUT2D eigenvalue weighted by molar-refractivity contribution is 1.13. The van der Waals surface area contributed by atoms with Crippen LogP contribution in [0.25, 0.3) is 0 Å². The second kappa shape index (κ2) is 3.77. The molecule has 1 aromatic rings. The van der Waals surface area contributed by atoms with Gasteiger partial charge in [0.25, 0.3) is 0 Å². The highest BCUT2D eigenvalue weighted by molar-refractivity contribution is 5.54. The van der Waals surface area contributed by atoms with Gasteiger partial charge < -0.3 is 5.32 Å². The standard InChI is InChI=1S/C10H12N2/c1-3-9-6-8(7-11)4-5-10(9)12-2/h4-6,12H,3H2,1-2H3. The van der Waals surface area contributed by atoms with E-state index in [1.54, 1.807) is 0 Å². The van der Waals surface area contributed by atoms with E-state index in [9.17, 15) is 0 Å². The Labute approximate surface area is 72.8 Å². The molecular weight excluding hydrogens is 148 g/mol. The fourth-order valence-electron chi connectivity index (χ4n) is 1.20.